The van der Waals surface area contributed by atoms with Crippen LogP contribution in [-0.2, 0) is 30.7 Å². The van der Waals surface area contributed by atoms with Crippen LogP contribution in [0.25, 0.3) is 0 Å². The molecular weight excluding hydrogens is 472 g/mol. The Kier molecular flexibility index (Phi) is 9.64. The van der Waals surface area contributed by atoms with Crippen LogP contribution < -0.4 is 10.1 Å². The third-order valence-corrected chi connectivity index (χ3v) is 7.51. The van der Waals surface area contributed by atoms with Crippen molar-refractivity contribution in [3.63, 3.8) is 0 Å². The van der Waals surface area contributed by atoms with Crippen molar-refractivity contribution < 1.29 is 32.2 Å². The normalized spacial score (nSPS) is 14.3. The Hall–Kier alpha value is -2.95. The molecule has 2 aromatic carbocycles. The summed E-state index contributed by atoms with van der Waals surface area (Å²) in [6, 6.07) is 11.2. The number of carbonyl (C=O) groups is 2. The van der Waals surface area contributed by atoms with Gasteiger partial charge in [-0.1, -0.05) is 13.3 Å². The first kappa shape index (κ1) is 26.7. The minimum absolute atomic E-state index is 0.123. The summed E-state index contributed by atoms with van der Waals surface area (Å²) in [5.74, 6) is -0.119. The zero-order chi connectivity index (χ0) is 25.3. The average Bonchev–Trinajstić information content (AvgIpc) is 2.88. The van der Waals surface area contributed by atoms with Gasteiger partial charge in [-0.25, -0.2) is 13.2 Å². The van der Waals surface area contributed by atoms with Crippen LogP contribution >= 0.6 is 0 Å². The number of ether oxygens (including phenoxy) is 3. The number of nitrogens with one attached hydrogen (secondary N) is 1. The van der Waals surface area contributed by atoms with Gasteiger partial charge >= 0.3 is 5.97 Å². The van der Waals surface area contributed by atoms with Gasteiger partial charge in [0.2, 0.25) is 15.9 Å². The fraction of sp³-hybridized carbons (Fsp3) is 0.440. The van der Waals surface area contributed by atoms with Gasteiger partial charge in [-0.2, -0.15) is 4.31 Å². The number of carbonyl (C=O) groups excluding carboxylic acids is 2. The molecule has 0 aromatic heterocycles. The van der Waals surface area contributed by atoms with Crippen LogP contribution in [0, 0.1) is 0 Å². The van der Waals surface area contributed by atoms with Gasteiger partial charge in [0.15, 0.2) is 0 Å². The summed E-state index contributed by atoms with van der Waals surface area (Å²) in [5.41, 5.74) is 1.60. The molecule has 0 radical (unpaired) electrons. The van der Waals surface area contributed by atoms with E-state index >= 15 is 0 Å². The van der Waals surface area contributed by atoms with E-state index in [1.54, 1.807) is 36.4 Å². The quantitative estimate of drug-likeness (QED) is 0.369. The van der Waals surface area contributed by atoms with Crippen molar-refractivity contribution in [1.82, 2.24) is 4.31 Å². The summed E-state index contributed by atoms with van der Waals surface area (Å²) in [6.07, 6.45) is 2.17. The number of rotatable bonds is 11. The van der Waals surface area contributed by atoms with Gasteiger partial charge in [-0.15, -0.1) is 0 Å². The van der Waals surface area contributed by atoms with Crippen molar-refractivity contribution in [2.24, 2.45) is 0 Å². The molecule has 1 N–H and O–H groups in total. The molecule has 1 heterocycles. The Morgan fingerprint density at radius 2 is 1.80 bits per heavy atom. The van der Waals surface area contributed by atoms with Crippen LogP contribution in [0.5, 0.6) is 5.75 Å². The molecule has 3 rings (SSSR count). The van der Waals surface area contributed by atoms with Gasteiger partial charge in [0.1, 0.15) is 5.75 Å². The van der Waals surface area contributed by atoms with E-state index in [1.165, 1.54) is 17.5 Å². The molecule has 1 amide bonds. The third-order valence-electron chi connectivity index (χ3n) is 5.62. The van der Waals surface area contributed by atoms with E-state index in [2.05, 4.69) is 5.32 Å². The maximum Gasteiger partial charge on any atom is 0.338 e. The number of amides is 1. The summed E-state index contributed by atoms with van der Waals surface area (Å²) in [7, 11) is -2.15. The van der Waals surface area contributed by atoms with Gasteiger partial charge in [0, 0.05) is 25.2 Å². The lowest BCUT2D eigenvalue weighted by atomic mass is 10.1. The van der Waals surface area contributed by atoms with Crippen molar-refractivity contribution in [2.45, 2.75) is 37.5 Å². The topological polar surface area (TPSA) is 111 Å². The number of nitrogens with zero attached hydrogens (tertiary/aromatic N) is 1. The van der Waals surface area contributed by atoms with Crippen molar-refractivity contribution in [2.75, 3.05) is 45.3 Å². The first-order chi connectivity index (χ1) is 16.8. The SMILES string of the molecule is CCCCOC(=O)c1ccc(NC(=O)CCc2cc(S(=O)(=O)N3CCOCC3)ccc2OC)cc1. The minimum atomic E-state index is -3.66. The molecule has 9 nitrogen and oxygen atoms in total. The summed E-state index contributed by atoms with van der Waals surface area (Å²) >= 11 is 0. The molecule has 0 atom stereocenters. The zero-order valence-corrected chi connectivity index (χ0v) is 20.9. The lowest BCUT2D eigenvalue weighted by molar-refractivity contribution is -0.116. The molecular formula is C25H32N2O7S. The second-order valence-electron chi connectivity index (χ2n) is 8.11. The van der Waals surface area contributed by atoms with Crippen LogP contribution in [0.1, 0.15) is 42.1 Å². The number of aryl methyl sites for hydroxylation is 1. The van der Waals surface area contributed by atoms with E-state index in [0.717, 1.165) is 12.8 Å². The molecule has 1 saturated heterocycles. The molecule has 0 unspecified atom stereocenters. The Balaban J connectivity index is 1.61. The predicted molar refractivity (Wildman–Crippen MR) is 131 cm³/mol. The maximum atomic E-state index is 13.0. The van der Waals surface area contributed by atoms with E-state index in [4.69, 9.17) is 14.2 Å². The molecule has 0 spiro atoms. The minimum Gasteiger partial charge on any atom is -0.496 e. The highest BCUT2D eigenvalue weighted by molar-refractivity contribution is 7.89. The molecule has 190 valence electrons. The predicted octanol–water partition coefficient (Wildman–Crippen LogP) is 3.24. The first-order valence-corrected chi connectivity index (χ1v) is 13.1. The fourth-order valence-electron chi connectivity index (χ4n) is 3.60. The molecule has 2 aromatic rings. The molecule has 1 aliphatic heterocycles. The number of unbranched alkanes of at least 4 members (excludes halogenated alkanes) is 1. The molecule has 0 bridgehead atoms. The summed E-state index contributed by atoms with van der Waals surface area (Å²) in [4.78, 5) is 24.7. The third kappa shape index (κ3) is 7.27. The average molecular weight is 505 g/mol. The van der Waals surface area contributed by atoms with E-state index in [0.29, 0.717) is 61.9 Å². The van der Waals surface area contributed by atoms with Crippen molar-refractivity contribution in [3.8, 4) is 5.75 Å². The van der Waals surface area contributed by atoms with E-state index in [-0.39, 0.29) is 17.2 Å². The smallest absolute Gasteiger partial charge is 0.338 e. The molecule has 35 heavy (non-hydrogen) atoms. The van der Waals surface area contributed by atoms with Gasteiger partial charge in [-0.05, 0) is 60.9 Å². The number of hydrogen-bond donors (Lipinski definition) is 1. The van der Waals surface area contributed by atoms with Crippen molar-refractivity contribution >= 4 is 27.6 Å². The van der Waals surface area contributed by atoms with Crippen LogP contribution in [0.4, 0.5) is 5.69 Å². The summed E-state index contributed by atoms with van der Waals surface area (Å²) in [5, 5.41) is 2.79. The number of methoxy groups -OCH3 is 1. The number of benzene rings is 2. The second-order valence-corrected chi connectivity index (χ2v) is 10.0. The van der Waals surface area contributed by atoms with Gasteiger partial charge in [0.25, 0.3) is 0 Å². The highest BCUT2D eigenvalue weighted by Gasteiger charge is 2.27. The van der Waals surface area contributed by atoms with Crippen LogP contribution in [-0.4, -0.2) is 64.6 Å². The van der Waals surface area contributed by atoms with Gasteiger partial charge in [0.05, 0.1) is 37.4 Å². The van der Waals surface area contributed by atoms with Crippen molar-refractivity contribution in [3.05, 3.63) is 53.6 Å². The maximum absolute atomic E-state index is 13.0. The first-order valence-electron chi connectivity index (χ1n) is 11.7. The lowest BCUT2D eigenvalue weighted by Gasteiger charge is -2.26. The number of anilines is 1. The van der Waals surface area contributed by atoms with Crippen molar-refractivity contribution in [1.29, 1.82) is 0 Å². The zero-order valence-electron chi connectivity index (χ0n) is 20.1. The number of hydrogen-bond acceptors (Lipinski definition) is 7. The molecule has 10 heteroatoms. The van der Waals surface area contributed by atoms with E-state index < -0.39 is 16.0 Å². The monoisotopic (exact) mass is 504 g/mol. The largest absolute Gasteiger partial charge is 0.496 e. The van der Waals surface area contributed by atoms with Crippen LogP contribution in [0.2, 0.25) is 0 Å². The number of morpholine rings is 1. The Labute approximate surface area is 206 Å². The van der Waals surface area contributed by atoms with Crippen LogP contribution in [0.15, 0.2) is 47.4 Å². The Morgan fingerprint density at radius 1 is 1.09 bits per heavy atom. The van der Waals surface area contributed by atoms with Gasteiger partial charge in [-0.3, -0.25) is 4.79 Å². The fourth-order valence-corrected chi connectivity index (χ4v) is 5.06. The molecule has 1 fully saturated rings. The molecule has 0 aliphatic carbocycles. The van der Waals surface area contributed by atoms with Gasteiger partial charge < -0.3 is 19.5 Å². The van der Waals surface area contributed by atoms with E-state index in [9.17, 15) is 18.0 Å². The van der Waals surface area contributed by atoms with E-state index in [1.807, 2.05) is 6.92 Å². The highest BCUT2D eigenvalue weighted by atomic mass is 32.2. The Morgan fingerprint density at radius 3 is 2.46 bits per heavy atom. The second kappa shape index (κ2) is 12.7. The summed E-state index contributed by atoms with van der Waals surface area (Å²) in [6.45, 7) is 3.74. The molecule has 1 aliphatic rings. The van der Waals surface area contributed by atoms with Crippen LogP contribution in [0.3, 0.4) is 0 Å². The standard InChI is InChI=1S/C25H32N2O7S/c1-3-4-15-34-25(29)19-5-8-21(9-6-19)26-24(28)12-7-20-18-22(10-11-23(20)32-2)35(30,31)27-13-16-33-17-14-27/h5-6,8-11,18H,3-4,7,12-17H2,1-2H3,(H,26,28). The highest BCUT2D eigenvalue weighted by Crippen LogP contribution is 2.26. The number of esters is 1. The lowest BCUT2D eigenvalue weighted by Crippen LogP contribution is -2.40. The molecule has 0 saturated carbocycles. The summed E-state index contributed by atoms with van der Waals surface area (Å²) < 4.78 is 43.2. The Bertz CT molecular complexity index is 1110. The number of sulfonamides is 1.